The van der Waals surface area contributed by atoms with Crippen LogP contribution in [0.25, 0.3) is 0 Å². The molecule has 0 aliphatic heterocycles. The highest BCUT2D eigenvalue weighted by atomic mass is 16.3. The Balaban J connectivity index is 2.66. The standard InChI is InChI=1S/C15H25NO/c1-5-16-12(4)15(17)14-8-6-13(7-9-14)10-11(2)3/h6-9,11-12,15-17H,5,10H2,1-4H3. The van der Waals surface area contributed by atoms with Gasteiger partial charge >= 0.3 is 0 Å². The second-order valence-electron chi connectivity index (χ2n) is 5.13. The van der Waals surface area contributed by atoms with E-state index in [0.717, 1.165) is 18.5 Å². The average Bonchev–Trinajstić information content (AvgIpc) is 2.28. The van der Waals surface area contributed by atoms with Gasteiger partial charge in [-0.1, -0.05) is 45.0 Å². The van der Waals surface area contributed by atoms with E-state index in [1.807, 2.05) is 19.1 Å². The molecule has 0 aromatic heterocycles. The largest absolute Gasteiger partial charge is 0.387 e. The molecule has 0 saturated carbocycles. The number of likely N-dealkylation sites (N-methyl/N-ethyl adjacent to an activating group) is 1. The minimum absolute atomic E-state index is 0.0935. The molecule has 0 spiro atoms. The average molecular weight is 235 g/mol. The maximum atomic E-state index is 10.1. The van der Waals surface area contributed by atoms with Crippen molar-refractivity contribution in [1.29, 1.82) is 0 Å². The second-order valence-corrected chi connectivity index (χ2v) is 5.13. The van der Waals surface area contributed by atoms with Crippen LogP contribution < -0.4 is 5.32 Å². The van der Waals surface area contributed by atoms with Gasteiger partial charge in [-0.3, -0.25) is 0 Å². The Morgan fingerprint density at radius 1 is 1.12 bits per heavy atom. The molecule has 2 atom stereocenters. The first-order valence-electron chi connectivity index (χ1n) is 6.54. The fraction of sp³-hybridized carbons (Fsp3) is 0.600. The van der Waals surface area contributed by atoms with E-state index < -0.39 is 6.10 Å². The Kier molecular flexibility index (Phi) is 5.66. The zero-order chi connectivity index (χ0) is 12.8. The third kappa shape index (κ3) is 4.49. The summed E-state index contributed by atoms with van der Waals surface area (Å²) >= 11 is 0. The molecule has 0 saturated heterocycles. The first kappa shape index (κ1) is 14.2. The van der Waals surface area contributed by atoms with Gasteiger partial charge in [-0.15, -0.1) is 0 Å². The first-order chi connectivity index (χ1) is 8.04. The van der Waals surface area contributed by atoms with E-state index in [1.165, 1.54) is 5.56 Å². The van der Waals surface area contributed by atoms with E-state index in [-0.39, 0.29) is 6.04 Å². The topological polar surface area (TPSA) is 32.3 Å². The van der Waals surface area contributed by atoms with Crippen LogP contribution in [0.2, 0.25) is 0 Å². The van der Waals surface area contributed by atoms with Gasteiger partial charge < -0.3 is 10.4 Å². The smallest absolute Gasteiger partial charge is 0.0940 e. The van der Waals surface area contributed by atoms with Gasteiger partial charge in [-0.05, 0) is 36.9 Å². The molecule has 2 N–H and O–H groups in total. The van der Waals surface area contributed by atoms with Crippen LogP contribution >= 0.6 is 0 Å². The summed E-state index contributed by atoms with van der Waals surface area (Å²) < 4.78 is 0. The molecule has 0 amide bonds. The van der Waals surface area contributed by atoms with Gasteiger partial charge in [0.1, 0.15) is 0 Å². The van der Waals surface area contributed by atoms with Crippen molar-refractivity contribution >= 4 is 0 Å². The molecular weight excluding hydrogens is 210 g/mol. The highest BCUT2D eigenvalue weighted by Crippen LogP contribution is 2.18. The number of rotatable bonds is 6. The highest BCUT2D eigenvalue weighted by Gasteiger charge is 2.14. The van der Waals surface area contributed by atoms with Crippen molar-refractivity contribution in [3.05, 3.63) is 35.4 Å². The molecular formula is C15H25NO. The first-order valence-corrected chi connectivity index (χ1v) is 6.54. The van der Waals surface area contributed by atoms with Gasteiger partial charge in [-0.25, -0.2) is 0 Å². The molecule has 2 nitrogen and oxygen atoms in total. The molecule has 2 unspecified atom stereocenters. The van der Waals surface area contributed by atoms with Gasteiger partial charge in [0.25, 0.3) is 0 Å². The monoisotopic (exact) mass is 235 g/mol. The zero-order valence-corrected chi connectivity index (χ0v) is 11.4. The summed E-state index contributed by atoms with van der Waals surface area (Å²) in [4.78, 5) is 0. The second kappa shape index (κ2) is 6.77. The van der Waals surface area contributed by atoms with Gasteiger partial charge in [0.05, 0.1) is 6.10 Å². The van der Waals surface area contributed by atoms with E-state index in [1.54, 1.807) is 0 Å². The third-order valence-electron chi connectivity index (χ3n) is 2.96. The number of hydrogen-bond acceptors (Lipinski definition) is 2. The number of aliphatic hydroxyl groups is 1. The highest BCUT2D eigenvalue weighted by molar-refractivity contribution is 5.25. The maximum absolute atomic E-state index is 10.1. The Labute approximate surface area is 105 Å². The SMILES string of the molecule is CCNC(C)C(O)c1ccc(CC(C)C)cc1. The summed E-state index contributed by atoms with van der Waals surface area (Å²) in [6, 6.07) is 8.41. The molecule has 0 radical (unpaired) electrons. The molecule has 0 aliphatic rings. The van der Waals surface area contributed by atoms with Crippen LogP contribution in [0.3, 0.4) is 0 Å². The minimum atomic E-state index is -0.428. The van der Waals surface area contributed by atoms with Crippen molar-refractivity contribution < 1.29 is 5.11 Å². The lowest BCUT2D eigenvalue weighted by Gasteiger charge is -2.20. The molecule has 0 aliphatic carbocycles. The van der Waals surface area contributed by atoms with E-state index in [9.17, 15) is 5.11 Å². The summed E-state index contributed by atoms with van der Waals surface area (Å²) in [6.07, 6.45) is 0.669. The molecule has 0 bridgehead atoms. The van der Waals surface area contributed by atoms with Crippen LogP contribution in [0.5, 0.6) is 0 Å². The van der Waals surface area contributed by atoms with E-state index in [0.29, 0.717) is 5.92 Å². The predicted octanol–water partition coefficient (Wildman–Crippen LogP) is 2.92. The molecule has 17 heavy (non-hydrogen) atoms. The van der Waals surface area contributed by atoms with Gasteiger partial charge in [0, 0.05) is 6.04 Å². The van der Waals surface area contributed by atoms with Gasteiger partial charge in [0.2, 0.25) is 0 Å². The summed E-state index contributed by atoms with van der Waals surface area (Å²) in [5.41, 5.74) is 2.33. The van der Waals surface area contributed by atoms with E-state index in [2.05, 4.69) is 38.2 Å². The van der Waals surface area contributed by atoms with Crippen LogP contribution in [0.15, 0.2) is 24.3 Å². The summed E-state index contributed by atoms with van der Waals surface area (Å²) in [7, 11) is 0. The van der Waals surface area contributed by atoms with Crippen molar-refractivity contribution in [2.24, 2.45) is 5.92 Å². The summed E-state index contributed by atoms with van der Waals surface area (Å²) in [5, 5.41) is 13.4. The molecule has 96 valence electrons. The van der Waals surface area contributed by atoms with Crippen LogP contribution in [0.4, 0.5) is 0 Å². The summed E-state index contributed by atoms with van der Waals surface area (Å²) in [5.74, 6) is 0.673. The lowest BCUT2D eigenvalue weighted by atomic mass is 9.98. The van der Waals surface area contributed by atoms with Crippen LogP contribution in [0, 0.1) is 5.92 Å². The van der Waals surface area contributed by atoms with Crippen molar-refractivity contribution in [1.82, 2.24) is 5.32 Å². The fourth-order valence-electron chi connectivity index (χ4n) is 2.04. The fourth-order valence-corrected chi connectivity index (χ4v) is 2.04. The Hall–Kier alpha value is -0.860. The minimum Gasteiger partial charge on any atom is -0.387 e. The van der Waals surface area contributed by atoms with Crippen LogP contribution in [-0.4, -0.2) is 17.7 Å². The van der Waals surface area contributed by atoms with Gasteiger partial charge in [0.15, 0.2) is 0 Å². The quantitative estimate of drug-likeness (QED) is 0.794. The predicted molar refractivity (Wildman–Crippen MR) is 73.1 cm³/mol. The van der Waals surface area contributed by atoms with Crippen molar-refractivity contribution in [3.8, 4) is 0 Å². The third-order valence-corrected chi connectivity index (χ3v) is 2.96. The van der Waals surface area contributed by atoms with E-state index >= 15 is 0 Å². The number of aliphatic hydroxyl groups excluding tert-OH is 1. The Morgan fingerprint density at radius 3 is 2.18 bits per heavy atom. The molecule has 1 aromatic carbocycles. The number of nitrogens with one attached hydrogen (secondary N) is 1. The van der Waals surface area contributed by atoms with Crippen molar-refractivity contribution in [3.63, 3.8) is 0 Å². The maximum Gasteiger partial charge on any atom is 0.0940 e. The normalized spacial score (nSPS) is 14.9. The molecule has 2 heteroatoms. The molecule has 0 heterocycles. The van der Waals surface area contributed by atoms with Crippen LogP contribution in [0.1, 0.15) is 44.9 Å². The van der Waals surface area contributed by atoms with Crippen molar-refractivity contribution in [2.75, 3.05) is 6.54 Å². The lowest BCUT2D eigenvalue weighted by molar-refractivity contribution is 0.137. The molecule has 0 fully saturated rings. The molecule has 1 rings (SSSR count). The van der Waals surface area contributed by atoms with E-state index in [4.69, 9.17) is 0 Å². The van der Waals surface area contributed by atoms with Crippen LogP contribution in [-0.2, 0) is 6.42 Å². The lowest BCUT2D eigenvalue weighted by Crippen LogP contribution is -2.31. The molecule has 1 aromatic rings. The number of benzene rings is 1. The Bertz CT molecular complexity index is 318. The Morgan fingerprint density at radius 2 is 1.71 bits per heavy atom. The van der Waals surface area contributed by atoms with Gasteiger partial charge in [-0.2, -0.15) is 0 Å². The number of hydrogen-bond donors (Lipinski definition) is 2. The summed E-state index contributed by atoms with van der Waals surface area (Å²) in [6.45, 7) is 9.38. The zero-order valence-electron chi connectivity index (χ0n) is 11.4. The van der Waals surface area contributed by atoms with Crippen molar-refractivity contribution in [2.45, 2.75) is 46.3 Å².